The van der Waals surface area contributed by atoms with Crippen molar-refractivity contribution in [3.05, 3.63) is 42.5 Å². The van der Waals surface area contributed by atoms with E-state index in [9.17, 15) is 14.7 Å². The minimum Gasteiger partial charge on any atom is -0.480 e. The number of rotatable bonds is 5. The van der Waals surface area contributed by atoms with Gasteiger partial charge in [0.2, 0.25) is 0 Å². The molecular weight excluding hydrogens is 312 g/mol. The summed E-state index contributed by atoms with van der Waals surface area (Å²) < 4.78 is 6.69. The lowest BCUT2D eigenvalue weighted by atomic mass is 10.1. The first-order valence-electron chi connectivity index (χ1n) is 7.41. The maximum absolute atomic E-state index is 11.8. The summed E-state index contributed by atoms with van der Waals surface area (Å²) in [5.41, 5.74) is 0.887. The standard InChI is InChI=1S/C16H20N4O4/c1-16(2,3)24-15(23)19-13(14(21)22)8-11-4-6-12(7-5-11)20-10-17-9-18-20/h4-7,9-10,13H,8H2,1-3H3,(H,19,23)(H,21,22). The van der Waals surface area contributed by atoms with E-state index in [-0.39, 0.29) is 6.42 Å². The van der Waals surface area contributed by atoms with Gasteiger partial charge in [-0.3, -0.25) is 0 Å². The van der Waals surface area contributed by atoms with Crippen LogP contribution in [0.4, 0.5) is 4.79 Å². The van der Waals surface area contributed by atoms with Crippen molar-refractivity contribution >= 4 is 12.1 Å². The van der Waals surface area contributed by atoms with Gasteiger partial charge in [-0.05, 0) is 38.5 Å². The van der Waals surface area contributed by atoms with Crippen LogP contribution < -0.4 is 5.32 Å². The first-order valence-corrected chi connectivity index (χ1v) is 7.41. The van der Waals surface area contributed by atoms with Crippen LogP contribution >= 0.6 is 0 Å². The summed E-state index contributed by atoms with van der Waals surface area (Å²) >= 11 is 0. The second-order valence-corrected chi connectivity index (χ2v) is 6.25. The second kappa shape index (κ2) is 7.12. The van der Waals surface area contributed by atoms with E-state index in [0.717, 1.165) is 11.3 Å². The highest BCUT2D eigenvalue weighted by Crippen LogP contribution is 2.11. The summed E-state index contributed by atoms with van der Waals surface area (Å²) in [6.07, 6.45) is 2.39. The van der Waals surface area contributed by atoms with Crippen LogP contribution in [-0.2, 0) is 16.0 Å². The topological polar surface area (TPSA) is 106 Å². The van der Waals surface area contributed by atoms with Crippen molar-refractivity contribution in [1.82, 2.24) is 20.1 Å². The number of ether oxygens (including phenoxy) is 1. The fraction of sp³-hybridized carbons (Fsp3) is 0.375. The van der Waals surface area contributed by atoms with Crippen molar-refractivity contribution in [3.63, 3.8) is 0 Å². The van der Waals surface area contributed by atoms with Crippen LogP contribution in [-0.4, -0.2) is 43.6 Å². The summed E-state index contributed by atoms with van der Waals surface area (Å²) in [6.45, 7) is 5.14. The Morgan fingerprint density at radius 3 is 2.46 bits per heavy atom. The Bertz CT molecular complexity index is 690. The Labute approximate surface area is 139 Å². The predicted molar refractivity (Wildman–Crippen MR) is 85.9 cm³/mol. The molecule has 0 spiro atoms. The number of benzene rings is 1. The van der Waals surface area contributed by atoms with Crippen LogP contribution in [0.2, 0.25) is 0 Å². The normalized spacial score (nSPS) is 12.5. The van der Waals surface area contributed by atoms with Gasteiger partial charge in [0, 0.05) is 6.42 Å². The second-order valence-electron chi connectivity index (χ2n) is 6.25. The molecule has 8 heteroatoms. The molecule has 2 rings (SSSR count). The molecule has 0 fully saturated rings. The van der Waals surface area contributed by atoms with E-state index in [1.807, 2.05) is 0 Å². The average Bonchev–Trinajstić information content (AvgIpc) is 2.99. The van der Waals surface area contributed by atoms with Gasteiger partial charge in [-0.1, -0.05) is 12.1 Å². The molecule has 24 heavy (non-hydrogen) atoms. The van der Waals surface area contributed by atoms with E-state index >= 15 is 0 Å². The fourth-order valence-electron chi connectivity index (χ4n) is 2.01. The number of carboxylic acid groups (broad SMARTS) is 1. The Balaban J connectivity index is 2.02. The van der Waals surface area contributed by atoms with Crippen molar-refractivity contribution in [3.8, 4) is 5.69 Å². The van der Waals surface area contributed by atoms with E-state index in [4.69, 9.17) is 4.74 Å². The first-order chi connectivity index (χ1) is 11.2. The van der Waals surface area contributed by atoms with Crippen LogP contribution in [0.5, 0.6) is 0 Å². The third kappa shape index (κ3) is 5.08. The molecular formula is C16H20N4O4. The van der Waals surface area contributed by atoms with Crippen LogP contribution in [0.15, 0.2) is 36.9 Å². The van der Waals surface area contributed by atoms with Gasteiger partial charge in [0.1, 0.15) is 24.3 Å². The van der Waals surface area contributed by atoms with Crippen LogP contribution in [0, 0.1) is 0 Å². The van der Waals surface area contributed by atoms with Crippen molar-refractivity contribution in [2.45, 2.75) is 38.8 Å². The van der Waals surface area contributed by atoms with Gasteiger partial charge in [-0.25, -0.2) is 19.3 Å². The van der Waals surface area contributed by atoms with Gasteiger partial charge >= 0.3 is 12.1 Å². The van der Waals surface area contributed by atoms with Gasteiger partial charge in [0.05, 0.1) is 5.69 Å². The van der Waals surface area contributed by atoms with Crippen molar-refractivity contribution in [2.24, 2.45) is 0 Å². The number of hydrogen-bond acceptors (Lipinski definition) is 5. The van der Waals surface area contributed by atoms with E-state index in [1.165, 1.54) is 6.33 Å². The smallest absolute Gasteiger partial charge is 0.408 e. The van der Waals surface area contributed by atoms with E-state index in [0.29, 0.717) is 0 Å². The number of hydrogen-bond donors (Lipinski definition) is 2. The van der Waals surface area contributed by atoms with Gasteiger partial charge < -0.3 is 15.2 Å². The molecule has 0 saturated heterocycles. The van der Waals surface area contributed by atoms with E-state index in [1.54, 1.807) is 56.0 Å². The van der Waals surface area contributed by atoms with E-state index < -0.39 is 23.7 Å². The zero-order valence-corrected chi connectivity index (χ0v) is 13.8. The van der Waals surface area contributed by atoms with Crippen molar-refractivity contribution in [1.29, 1.82) is 0 Å². The molecule has 1 heterocycles. The summed E-state index contributed by atoms with van der Waals surface area (Å²) in [5.74, 6) is -1.12. The number of carboxylic acids is 1. The Hall–Kier alpha value is -2.90. The van der Waals surface area contributed by atoms with Crippen LogP contribution in [0.3, 0.4) is 0 Å². The molecule has 128 valence electrons. The molecule has 0 saturated carbocycles. The number of carbonyl (C=O) groups excluding carboxylic acids is 1. The SMILES string of the molecule is CC(C)(C)OC(=O)NC(Cc1ccc(-n2cncn2)cc1)C(=O)O. The zero-order valence-electron chi connectivity index (χ0n) is 13.8. The minimum atomic E-state index is -1.12. The van der Waals surface area contributed by atoms with Crippen molar-refractivity contribution in [2.75, 3.05) is 0 Å². The maximum Gasteiger partial charge on any atom is 0.408 e. The largest absolute Gasteiger partial charge is 0.480 e. The third-order valence-electron chi connectivity index (χ3n) is 3.05. The van der Waals surface area contributed by atoms with Crippen molar-refractivity contribution < 1.29 is 19.4 Å². The molecule has 0 bridgehead atoms. The maximum atomic E-state index is 11.8. The number of amides is 1. The fourth-order valence-corrected chi connectivity index (χ4v) is 2.01. The summed E-state index contributed by atoms with van der Waals surface area (Å²) in [5, 5.41) is 15.7. The first kappa shape index (κ1) is 17.5. The number of alkyl carbamates (subject to hydrolysis) is 1. The summed E-state index contributed by atoms with van der Waals surface area (Å²) in [7, 11) is 0. The highest BCUT2D eigenvalue weighted by molar-refractivity contribution is 5.80. The molecule has 0 aliphatic carbocycles. The molecule has 1 unspecified atom stereocenters. The molecule has 0 radical (unpaired) electrons. The minimum absolute atomic E-state index is 0.145. The summed E-state index contributed by atoms with van der Waals surface area (Å²) in [4.78, 5) is 27.0. The number of nitrogens with zero attached hydrogens (tertiary/aromatic N) is 3. The van der Waals surface area contributed by atoms with Gasteiger partial charge in [-0.15, -0.1) is 0 Å². The molecule has 0 aliphatic rings. The Morgan fingerprint density at radius 2 is 1.96 bits per heavy atom. The number of aromatic nitrogens is 3. The highest BCUT2D eigenvalue weighted by atomic mass is 16.6. The lowest BCUT2D eigenvalue weighted by Gasteiger charge is -2.22. The average molecular weight is 332 g/mol. The van der Waals surface area contributed by atoms with E-state index in [2.05, 4.69) is 15.4 Å². The molecule has 1 aromatic carbocycles. The van der Waals surface area contributed by atoms with Crippen LogP contribution in [0.1, 0.15) is 26.3 Å². The van der Waals surface area contributed by atoms with Crippen LogP contribution in [0.25, 0.3) is 5.69 Å². The monoisotopic (exact) mass is 332 g/mol. The number of nitrogens with one attached hydrogen (secondary N) is 1. The van der Waals surface area contributed by atoms with Gasteiger partial charge in [-0.2, -0.15) is 5.10 Å². The molecule has 2 aromatic rings. The third-order valence-corrected chi connectivity index (χ3v) is 3.05. The molecule has 1 aromatic heterocycles. The van der Waals surface area contributed by atoms with Gasteiger partial charge in [0.15, 0.2) is 0 Å². The highest BCUT2D eigenvalue weighted by Gasteiger charge is 2.24. The lowest BCUT2D eigenvalue weighted by Crippen LogP contribution is -2.44. The van der Waals surface area contributed by atoms with Gasteiger partial charge in [0.25, 0.3) is 0 Å². The Kier molecular flexibility index (Phi) is 5.18. The zero-order chi connectivity index (χ0) is 17.7. The lowest BCUT2D eigenvalue weighted by molar-refractivity contribution is -0.139. The summed E-state index contributed by atoms with van der Waals surface area (Å²) in [6, 6.07) is 6.09. The molecule has 1 amide bonds. The number of aliphatic carboxylic acids is 1. The molecule has 1 atom stereocenters. The molecule has 0 aliphatic heterocycles. The predicted octanol–water partition coefficient (Wildman–Crippen LogP) is 1.79. The number of carbonyl (C=O) groups is 2. The Morgan fingerprint density at radius 1 is 1.29 bits per heavy atom. The molecule has 8 nitrogen and oxygen atoms in total. The quantitative estimate of drug-likeness (QED) is 0.864. The molecule has 2 N–H and O–H groups in total.